The molecule has 6 nitrogen and oxygen atoms in total. The molecule has 0 aromatic heterocycles. The van der Waals surface area contributed by atoms with Gasteiger partial charge in [-0.2, -0.15) is 0 Å². The van der Waals surface area contributed by atoms with Crippen molar-refractivity contribution in [3.8, 4) is 0 Å². The van der Waals surface area contributed by atoms with Crippen molar-refractivity contribution in [2.75, 3.05) is 0 Å². The van der Waals surface area contributed by atoms with Crippen molar-refractivity contribution in [2.45, 2.75) is 59.3 Å². The van der Waals surface area contributed by atoms with E-state index in [0.29, 0.717) is 0 Å². The van der Waals surface area contributed by atoms with E-state index >= 15 is 0 Å². The zero-order chi connectivity index (χ0) is 20.2. The number of carbonyl (C=O) groups excluding carboxylic acids is 3. The monoisotopic (exact) mass is 363 g/mol. The summed E-state index contributed by atoms with van der Waals surface area (Å²) in [4.78, 5) is 36.2. The van der Waals surface area contributed by atoms with Crippen LogP contribution in [-0.2, 0) is 23.9 Å². The minimum Gasteiger partial charge on any atom is -0.458 e. The molecule has 2 atom stereocenters. The number of ether oxygens (including phenoxy) is 2. The van der Waals surface area contributed by atoms with Crippen molar-refractivity contribution in [1.82, 2.24) is 5.32 Å². The Hall–Kier alpha value is -2.63. The highest BCUT2D eigenvalue weighted by Gasteiger charge is 2.32. The molecule has 26 heavy (non-hydrogen) atoms. The molecule has 1 N–H and O–H groups in total. The van der Waals surface area contributed by atoms with Crippen molar-refractivity contribution in [1.29, 1.82) is 0 Å². The Balaban J connectivity index is 5.20. The van der Waals surface area contributed by atoms with Crippen LogP contribution in [0.25, 0.3) is 0 Å². The fraction of sp³-hybridized carbons (Fsp3) is 0.450. The van der Waals surface area contributed by atoms with E-state index < -0.39 is 35.6 Å². The lowest BCUT2D eigenvalue weighted by molar-refractivity contribution is -0.164. The maximum Gasteiger partial charge on any atom is 0.333 e. The van der Waals surface area contributed by atoms with Gasteiger partial charge >= 0.3 is 11.9 Å². The van der Waals surface area contributed by atoms with Gasteiger partial charge in [0.25, 0.3) is 0 Å². The molecule has 0 radical (unpaired) electrons. The van der Waals surface area contributed by atoms with Gasteiger partial charge in [-0.25, -0.2) is 9.59 Å². The maximum atomic E-state index is 12.4. The highest BCUT2D eigenvalue weighted by molar-refractivity contribution is 5.92. The molecule has 0 spiro atoms. The summed E-state index contributed by atoms with van der Waals surface area (Å²) in [5.41, 5.74) is -0.740. The van der Waals surface area contributed by atoms with E-state index in [-0.39, 0.29) is 0 Å². The Morgan fingerprint density at radius 2 is 1.46 bits per heavy atom. The van der Waals surface area contributed by atoms with Crippen LogP contribution in [0.5, 0.6) is 0 Å². The lowest BCUT2D eigenvalue weighted by atomic mass is 10.1. The Morgan fingerprint density at radius 1 is 0.923 bits per heavy atom. The van der Waals surface area contributed by atoms with Crippen LogP contribution in [0.2, 0.25) is 0 Å². The largest absolute Gasteiger partial charge is 0.458 e. The topological polar surface area (TPSA) is 81.7 Å². The number of rotatable bonds is 8. The van der Waals surface area contributed by atoms with Gasteiger partial charge in [0.05, 0.1) is 0 Å². The summed E-state index contributed by atoms with van der Waals surface area (Å²) < 4.78 is 10.5. The molecule has 0 bridgehead atoms. The van der Waals surface area contributed by atoms with Gasteiger partial charge in [-0.3, -0.25) is 4.79 Å². The molecule has 0 saturated heterocycles. The summed E-state index contributed by atoms with van der Waals surface area (Å²) >= 11 is 0. The number of amides is 1. The zero-order valence-electron chi connectivity index (χ0n) is 16.3. The summed E-state index contributed by atoms with van der Waals surface area (Å²) in [5, 5.41) is 2.52. The molecular weight excluding hydrogens is 334 g/mol. The minimum absolute atomic E-state index is 0.494. The molecule has 0 saturated carbocycles. The van der Waals surface area contributed by atoms with Gasteiger partial charge in [-0.15, -0.1) is 0 Å². The first-order chi connectivity index (χ1) is 12.1. The van der Waals surface area contributed by atoms with E-state index in [0.717, 1.165) is 0 Å². The van der Waals surface area contributed by atoms with E-state index in [1.54, 1.807) is 45.1 Å². The smallest absolute Gasteiger partial charge is 0.333 e. The quantitative estimate of drug-likeness (QED) is 0.407. The molecule has 144 valence electrons. The second-order valence-electron chi connectivity index (χ2n) is 6.43. The average Bonchev–Trinajstić information content (AvgIpc) is 2.51. The van der Waals surface area contributed by atoms with Gasteiger partial charge < -0.3 is 14.8 Å². The molecule has 0 unspecified atom stereocenters. The van der Waals surface area contributed by atoms with E-state index in [1.165, 1.54) is 31.2 Å². The summed E-state index contributed by atoms with van der Waals surface area (Å²) in [6, 6.07) is -1.13. The molecular formula is C20H29NO5. The van der Waals surface area contributed by atoms with Crippen LogP contribution in [-0.4, -0.2) is 35.6 Å². The van der Waals surface area contributed by atoms with Crippen LogP contribution < -0.4 is 5.32 Å². The standard InChI is InChI=1S/C20H29NO5/c1-7-9-11-13-16(22)21-18(19(24)26-20(4,5)6)15(3)25-17(23)14-12-10-8-2/h7-15,18H,1-6H3,(H,21,22)/b9-7+,10-8+,13-11+,14-12+/t15-,18+/m1/s1. The molecule has 0 aliphatic heterocycles. The summed E-state index contributed by atoms with van der Waals surface area (Å²) in [6.07, 6.45) is 11.5. The van der Waals surface area contributed by atoms with Gasteiger partial charge in [-0.1, -0.05) is 36.5 Å². The molecule has 0 rings (SSSR count). The lowest BCUT2D eigenvalue weighted by Crippen LogP contribution is -2.51. The number of carbonyl (C=O) groups is 3. The molecule has 1 amide bonds. The molecule has 0 fully saturated rings. The Labute approximate surface area is 155 Å². The summed E-state index contributed by atoms with van der Waals surface area (Å²) in [5.74, 6) is -1.79. The van der Waals surface area contributed by atoms with Gasteiger partial charge in [0.1, 0.15) is 11.7 Å². The zero-order valence-corrected chi connectivity index (χ0v) is 16.3. The number of nitrogens with one attached hydrogen (secondary N) is 1. The van der Waals surface area contributed by atoms with Crippen LogP contribution in [0, 0.1) is 0 Å². The third-order valence-corrected chi connectivity index (χ3v) is 2.82. The van der Waals surface area contributed by atoms with E-state index in [4.69, 9.17) is 9.47 Å². The van der Waals surface area contributed by atoms with Crippen molar-refractivity contribution in [3.05, 3.63) is 48.6 Å². The Morgan fingerprint density at radius 3 is 1.96 bits per heavy atom. The molecule has 0 aliphatic carbocycles. The highest BCUT2D eigenvalue weighted by Crippen LogP contribution is 2.12. The van der Waals surface area contributed by atoms with Crippen molar-refractivity contribution in [3.63, 3.8) is 0 Å². The fourth-order valence-electron chi connectivity index (χ4n) is 1.72. The third-order valence-electron chi connectivity index (χ3n) is 2.82. The molecule has 0 aromatic carbocycles. The van der Waals surface area contributed by atoms with Crippen LogP contribution in [0.15, 0.2) is 48.6 Å². The van der Waals surface area contributed by atoms with E-state index in [2.05, 4.69) is 5.32 Å². The first-order valence-corrected chi connectivity index (χ1v) is 8.43. The number of esters is 2. The number of hydrogen-bond acceptors (Lipinski definition) is 5. The second-order valence-corrected chi connectivity index (χ2v) is 6.43. The summed E-state index contributed by atoms with van der Waals surface area (Å²) in [6.45, 7) is 10.3. The Kier molecular flexibility index (Phi) is 10.6. The van der Waals surface area contributed by atoms with Crippen LogP contribution in [0.3, 0.4) is 0 Å². The van der Waals surface area contributed by atoms with Crippen molar-refractivity contribution < 1.29 is 23.9 Å². The van der Waals surface area contributed by atoms with Crippen LogP contribution >= 0.6 is 0 Å². The number of hydrogen-bond donors (Lipinski definition) is 1. The molecule has 0 heterocycles. The van der Waals surface area contributed by atoms with E-state index in [1.807, 2.05) is 13.8 Å². The highest BCUT2D eigenvalue weighted by atomic mass is 16.6. The van der Waals surface area contributed by atoms with Crippen LogP contribution in [0.1, 0.15) is 41.5 Å². The second kappa shape index (κ2) is 11.8. The molecule has 0 aliphatic rings. The minimum atomic E-state index is -1.13. The van der Waals surface area contributed by atoms with Gasteiger partial charge in [0.15, 0.2) is 6.04 Å². The van der Waals surface area contributed by atoms with Gasteiger partial charge in [-0.05, 0) is 41.5 Å². The van der Waals surface area contributed by atoms with Crippen molar-refractivity contribution in [2.24, 2.45) is 0 Å². The average molecular weight is 363 g/mol. The SMILES string of the molecule is C/C=C/C=C/C(=O)N[C@H](C(=O)OC(C)(C)C)[C@@H](C)OC(=O)/C=C/C=C/C. The van der Waals surface area contributed by atoms with Gasteiger partial charge in [0.2, 0.25) is 5.91 Å². The lowest BCUT2D eigenvalue weighted by Gasteiger charge is -2.27. The first kappa shape index (κ1) is 23.4. The molecule has 6 heteroatoms. The first-order valence-electron chi connectivity index (χ1n) is 8.43. The third kappa shape index (κ3) is 11.0. The summed E-state index contributed by atoms with van der Waals surface area (Å²) in [7, 11) is 0. The molecule has 0 aromatic rings. The number of allylic oxidation sites excluding steroid dienone is 6. The predicted octanol–water partition coefficient (Wildman–Crippen LogP) is 3.01. The van der Waals surface area contributed by atoms with Crippen molar-refractivity contribution >= 4 is 17.8 Å². The predicted molar refractivity (Wildman–Crippen MR) is 101 cm³/mol. The van der Waals surface area contributed by atoms with Gasteiger partial charge in [0, 0.05) is 12.2 Å². The maximum absolute atomic E-state index is 12.4. The van der Waals surface area contributed by atoms with E-state index in [9.17, 15) is 14.4 Å². The normalized spacial score (nSPS) is 14.8. The van der Waals surface area contributed by atoms with Crippen LogP contribution in [0.4, 0.5) is 0 Å². The fourth-order valence-corrected chi connectivity index (χ4v) is 1.72. The Bertz CT molecular complexity index is 594.